The lowest BCUT2D eigenvalue weighted by Crippen LogP contribution is -2.11. The second-order valence-corrected chi connectivity index (χ2v) is 5.79. The fraction of sp³-hybridized carbons (Fsp3) is 0.0833. The Morgan fingerprint density at radius 2 is 2.16 bits per heavy atom. The lowest BCUT2D eigenvalue weighted by molar-refractivity contribution is -0.0497. The van der Waals surface area contributed by atoms with Crippen LogP contribution in [-0.2, 0) is 0 Å². The molecule has 100 valence electrons. The van der Waals surface area contributed by atoms with Gasteiger partial charge in [0.25, 0.3) is 5.91 Å². The molecule has 0 atom stereocenters. The lowest BCUT2D eigenvalue weighted by atomic mass is 10.2. The zero-order valence-electron chi connectivity index (χ0n) is 9.40. The number of rotatable bonds is 4. The first-order chi connectivity index (χ1) is 9.04. The highest BCUT2D eigenvalue weighted by Crippen LogP contribution is 2.23. The summed E-state index contributed by atoms with van der Waals surface area (Å²) in [5.74, 6) is -0.310. The van der Waals surface area contributed by atoms with Crippen molar-refractivity contribution < 1.29 is 18.3 Å². The first-order valence-corrected chi connectivity index (χ1v) is 6.82. The largest absolute Gasteiger partial charge is 0.435 e. The number of carbonyl (C=O) groups excluding carboxylic acids is 1. The van der Waals surface area contributed by atoms with Gasteiger partial charge in [0.1, 0.15) is 5.75 Å². The number of nitrogens with one attached hydrogen (secondary N) is 1. The number of hydrogen-bond donors (Lipinski definition) is 1. The number of ether oxygens (including phenoxy) is 1. The minimum Gasteiger partial charge on any atom is -0.435 e. The van der Waals surface area contributed by atoms with Crippen molar-refractivity contribution in [3.8, 4) is 5.75 Å². The van der Waals surface area contributed by atoms with Gasteiger partial charge in [0.2, 0.25) is 0 Å². The quantitative estimate of drug-likeness (QED) is 0.891. The van der Waals surface area contributed by atoms with Gasteiger partial charge in [-0.1, -0.05) is 6.07 Å². The average molecular weight is 348 g/mol. The van der Waals surface area contributed by atoms with E-state index in [9.17, 15) is 13.6 Å². The second kappa shape index (κ2) is 6.12. The van der Waals surface area contributed by atoms with E-state index in [-0.39, 0.29) is 11.7 Å². The number of anilines is 1. The molecule has 0 spiro atoms. The molecule has 0 aliphatic carbocycles. The van der Waals surface area contributed by atoms with Gasteiger partial charge >= 0.3 is 6.61 Å². The van der Waals surface area contributed by atoms with Gasteiger partial charge in [-0.15, -0.1) is 11.3 Å². The minimum atomic E-state index is -2.89. The van der Waals surface area contributed by atoms with Gasteiger partial charge < -0.3 is 10.1 Å². The Kier molecular flexibility index (Phi) is 4.49. The maximum Gasteiger partial charge on any atom is 0.387 e. The lowest BCUT2D eigenvalue weighted by Gasteiger charge is -2.07. The van der Waals surface area contributed by atoms with Crippen molar-refractivity contribution in [1.29, 1.82) is 0 Å². The third kappa shape index (κ3) is 4.00. The first kappa shape index (κ1) is 14.0. The molecule has 2 rings (SSSR count). The van der Waals surface area contributed by atoms with E-state index in [1.54, 1.807) is 17.5 Å². The van der Waals surface area contributed by atoms with Crippen LogP contribution >= 0.6 is 27.3 Å². The van der Waals surface area contributed by atoms with Gasteiger partial charge in [-0.25, -0.2) is 0 Å². The molecule has 0 aliphatic rings. The van der Waals surface area contributed by atoms with E-state index in [1.807, 2.05) is 0 Å². The van der Waals surface area contributed by atoms with E-state index in [2.05, 4.69) is 26.0 Å². The van der Waals surface area contributed by atoms with Crippen molar-refractivity contribution in [2.45, 2.75) is 6.61 Å². The molecule has 0 saturated carbocycles. The number of halogens is 3. The standard InChI is InChI=1S/C12H8BrF2NO2S/c13-10-4-7(6-19-10)11(17)16-8-2-1-3-9(5-8)18-12(14)15/h1-6,12H,(H,16,17). The van der Waals surface area contributed by atoms with Gasteiger partial charge in [0.05, 0.1) is 9.35 Å². The van der Waals surface area contributed by atoms with Crippen LogP contribution in [-0.4, -0.2) is 12.5 Å². The molecule has 2 aromatic rings. The molecule has 0 unspecified atom stereocenters. The Labute approximate surface area is 120 Å². The number of alkyl halides is 2. The Morgan fingerprint density at radius 3 is 2.79 bits per heavy atom. The predicted molar refractivity (Wildman–Crippen MR) is 73.0 cm³/mol. The highest BCUT2D eigenvalue weighted by atomic mass is 79.9. The predicted octanol–water partition coefficient (Wildman–Crippen LogP) is 4.36. The van der Waals surface area contributed by atoms with Crippen molar-refractivity contribution >= 4 is 38.9 Å². The summed E-state index contributed by atoms with van der Waals surface area (Å²) in [5.41, 5.74) is 0.891. The fourth-order valence-corrected chi connectivity index (χ4v) is 2.52. The van der Waals surface area contributed by atoms with Gasteiger partial charge in [-0.3, -0.25) is 4.79 Å². The summed E-state index contributed by atoms with van der Waals surface area (Å²) in [7, 11) is 0. The van der Waals surface area contributed by atoms with Gasteiger partial charge in [0.15, 0.2) is 0 Å². The minimum absolute atomic E-state index is 0.000649. The molecule has 3 nitrogen and oxygen atoms in total. The van der Waals surface area contributed by atoms with E-state index in [4.69, 9.17) is 0 Å². The van der Waals surface area contributed by atoms with Crippen LogP contribution in [0.15, 0.2) is 39.5 Å². The van der Waals surface area contributed by atoms with Crippen LogP contribution in [0.25, 0.3) is 0 Å². The van der Waals surface area contributed by atoms with E-state index >= 15 is 0 Å². The van der Waals surface area contributed by atoms with E-state index < -0.39 is 6.61 Å². The molecular weight excluding hydrogens is 340 g/mol. The Morgan fingerprint density at radius 1 is 1.37 bits per heavy atom. The maximum atomic E-state index is 12.1. The molecule has 1 aromatic carbocycles. The van der Waals surface area contributed by atoms with Crippen LogP contribution in [0.2, 0.25) is 0 Å². The average Bonchev–Trinajstić information content (AvgIpc) is 2.75. The normalized spacial score (nSPS) is 10.5. The summed E-state index contributed by atoms with van der Waals surface area (Å²) in [4.78, 5) is 11.8. The summed E-state index contributed by atoms with van der Waals surface area (Å²) in [6.45, 7) is -2.89. The molecule has 1 amide bonds. The van der Waals surface area contributed by atoms with Crippen LogP contribution in [0.3, 0.4) is 0 Å². The Balaban J connectivity index is 2.08. The third-order valence-electron chi connectivity index (χ3n) is 2.15. The number of thiophene rings is 1. The Hall–Kier alpha value is -1.47. The fourth-order valence-electron chi connectivity index (χ4n) is 1.38. The molecule has 19 heavy (non-hydrogen) atoms. The molecule has 0 saturated heterocycles. The highest BCUT2D eigenvalue weighted by Gasteiger charge is 2.09. The summed E-state index contributed by atoms with van der Waals surface area (Å²) in [6.07, 6.45) is 0. The topological polar surface area (TPSA) is 38.3 Å². The van der Waals surface area contributed by atoms with Crippen LogP contribution in [0.5, 0.6) is 5.75 Å². The summed E-state index contributed by atoms with van der Waals surface area (Å²) in [5, 5.41) is 4.30. The van der Waals surface area contributed by atoms with Crippen LogP contribution in [0.1, 0.15) is 10.4 Å². The number of hydrogen-bond acceptors (Lipinski definition) is 3. The maximum absolute atomic E-state index is 12.1. The summed E-state index contributed by atoms with van der Waals surface area (Å²) >= 11 is 4.65. The van der Waals surface area contributed by atoms with Crippen LogP contribution in [0, 0.1) is 0 Å². The third-order valence-corrected chi connectivity index (χ3v) is 3.65. The van der Waals surface area contributed by atoms with Crippen molar-refractivity contribution in [3.05, 3.63) is 45.1 Å². The van der Waals surface area contributed by atoms with Crippen LogP contribution < -0.4 is 10.1 Å². The molecular formula is C12H8BrF2NO2S. The molecule has 7 heteroatoms. The Bertz CT molecular complexity index is 589. The molecule has 0 aliphatic heterocycles. The zero-order chi connectivity index (χ0) is 13.8. The molecule has 1 heterocycles. The number of carbonyl (C=O) groups is 1. The van der Waals surface area contributed by atoms with Crippen molar-refractivity contribution in [2.75, 3.05) is 5.32 Å². The molecule has 0 bridgehead atoms. The van der Waals surface area contributed by atoms with E-state index in [0.717, 1.165) is 3.79 Å². The van der Waals surface area contributed by atoms with Crippen molar-refractivity contribution in [2.24, 2.45) is 0 Å². The molecule has 1 N–H and O–H groups in total. The van der Waals surface area contributed by atoms with Crippen LogP contribution in [0.4, 0.5) is 14.5 Å². The van der Waals surface area contributed by atoms with Crippen molar-refractivity contribution in [3.63, 3.8) is 0 Å². The number of amides is 1. The van der Waals surface area contributed by atoms with E-state index in [1.165, 1.54) is 29.5 Å². The second-order valence-electron chi connectivity index (χ2n) is 3.50. The monoisotopic (exact) mass is 347 g/mol. The summed E-state index contributed by atoms with van der Waals surface area (Å²) < 4.78 is 29.2. The van der Waals surface area contributed by atoms with Crippen molar-refractivity contribution in [1.82, 2.24) is 0 Å². The van der Waals surface area contributed by atoms with Gasteiger partial charge in [-0.2, -0.15) is 8.78 Å². The zero-order valence-corrected chi connectivity index (χ0v) is 11.8. The smallest absolute Gasteiger partial charge is 0.387 e. The molecule has 0 radical (unpaired) electrons. The van der Waals surface area contributed by atoms with Gasteiger partial charge in [-0.05, 0) is 34.1 Å². The SMILES string of the molecule is O=C(Nc1cccc(OC(F)F)c1)c1csc(Br)c1. The number of benzene rings is 1. The van der Waals surface area contributed by atoms with Gasteiger partial charge in [0, 0.05) is 17.1 Å². The first-order valence-electron chi connectivity index (χ1n) is 5.15. The molecule has 1 aromatic heterocycles. The summed E-state index contributed by atoms with van der Waals surface area (Å²) in [6, 6.07) is 7.53. The molecule has 0 fully saturated rings. The van der Waals surface area contributed by atoms with E-state index in [0.29, 0.717) is 11.3 Å². The highest BCUT2D eigenvalue weighted by molar-refractivity contribution is 9.11.